The SMILES string of the molecule is O=Cc1nccc2[c]cccc12. The lowest BCUT2D eigenvalue weighted by Gasteiger charge is -1.96. The lowest BCUT2D eigenvalue weighted by Crippen LogP contribution is -1.87. The summed E-state index contributed by atoms with van der Waals surface area (Å²) in [5, 5.41) is 1.78. The standard InChI is InChI=1S/C10H6NO/c12-7-10-9-4-2-1-3-8(9)5-6-11-10/h1-2,4-7H. The van der Waals surface area contributed by atoms with Crippen LogP contribution in [0, 0.1) is 6.07 Å². The molecule has 0 aliphatic rings. The number of carbonyl (C=O) groups is 1. The topological polar surface area (TPSA) is 30.0 Å². The first kappa shape index (κ1) is 6.98. The molecule has 1 heterocycles. The van der Waals surface area contributed by atoms with Crippen molar-refractivity contribution in [3.63, 3.8) is 0 Å². The zero-order valence-electron chi connectivity index (χ0n) is 6.32. The van der Waals surface area contributed by atoms with Crippen LogP contribution < -0.4 is 0 Å². The van der Waals surface area contributed by atoms with Gasteiger partial charge in [-0.15, -0.1) is 0 Å². The molecular weight excluding hydrogens is 150 g/mol. The molecule has 12 heavy (non-hydrogen) atoms. The zero-order chi connectivity index (χ0) is 8.39. The van der Waals surface area contributed by atoms with Gasteiger partial charge in [0.15, 0.2) is 6.29 Å². The lowest BCUT2D eigenvalue weighted by atomic mass is 10.1. The molecule has 2 heteroatoms. The Morgan fingerprint density at radius 1 is 1.42 bits per heavy atom. The summed E-state index contributed by atoms with van der Waals surface area (Å²) in [7, 11) is 0. The normalized spacial score (nSPS) is 10.0. The second-order valence-corrected chi connectivity index (χ2v) is 2.45. The van der Waals surface area contributed by atoms with Gasteiger partial charge in [0, 0.05) is 11.6 Å². The second-order valence-electron chi connectivity index (χ2n) is 2.45. The fourth-order valence-corrected chi connectivity index (χ4v) is 1.17. The zero-order valence-corrected chi connectivity index (χ0v) is 6.32. The van der Waals surface area contributed by atoms with Crippen molar-refractivity contribution in [1.29, 1.82) is 0 Å². The van der Waals surface area contributed by atoms with Crippen molar-refractivity contribution in [3.05, 3.63) is 42.2 Å². The summed E-state index contributed by atoms with van der Waals surface area (Å²) in [4.78, 5) is 14.5. The highest BCUT2D eigenvalue weighted by Gasteiger charge is 1.98. The Morgan fingerprint density at radius 2 is 2.33 bits per heavy atom. The van der Waals surface area contributed by atoms with E-state index in [0.717, 1.165) is 17.1 Å². The number of rotatable bonds is 1. The molecule has 0 aliphatic heterocycles. The monoisotopic (exact) mass is 156 g/mol. The molecule has 0 N–H and O–H groups in total. The van der Waals surface area contributed by atoms with Crippen LogP contribution in [0.25, 0.3) is 10.8 Å². The molecule has 0 aliphatic carbocycles. The number of hydrogen-bond acceptors (Lipinski definition) is 2. The van der Waals surface area contributed by atoms with Crippen LogP contribution in [0.5, 0.6) is 0 Å². The van der Waals surface area contributed by atoms with Gasteiger partial charge in [-0.3, -0.25) is 9.78 Å². The van der Waals surface area contributed by atoms with Crippen LogP contribution in [0.1, 0.15) is 10.5 Å². The Bertz CT molecular complexity index is 418. The quantitative estimate of drug-likeness (QED) is 0.590. The molecule has 0 unspecified atom stereocenters. The van der Waals surface area contributed by atoms with E-state index in [1.165, 1.54) is 0 Å². The molecule has 2 aromatic rings. The minimum Gasteiger partial charge on any atom is -0.296 e. The van der Waals surface area contributed by atoms with E-state index in [2.05, 4.69) is 11.1 Å². The molecule has 2 nitrogen and oxygen atoms in total. The summed E-state index contributed by atoms with van der Waals surface area (Å²) >= 11 is 0. The van der Waals surface area contributed by atoms with E-state index in [1.807, 2.05) is 24.3 Å². The minimum absolute atomic E-state index is 0.476. The average Bonchev–Trinajstić information content (AvgIpc) is 2.17. The van der Waals surface area contributed by atoms with Crippen LogP contribution in [0.15, 0.2) is 30.5 Å². The summed E-state index contributed by atoms with van der Waals surface area (Å²) in [6.45, 7) is 0. The van der Waals surface area contributed by atoms with Gasteiger partial charge in [0.1, 0.15) is 5.69 Å². The van der Waals surface area contributed by atoms with Crippen molar-refractivity contribution in [1.82, 2.24) is 4.98 Å². The summed E-state index contributed by atoms with van der Waals surface area (Å²) < 4.78 is 0. The number of carbonyl (C=O) groups excluding carboxylic acids is 1. The smallest absolute Gasteiger partial charge is 0.169 e. The van der Waals surface area contributed by atoms with Gasteiger partial charge in [-0.1, -0.05) is 18.2 Å². The number of aldehydes is 1. The van der Waals surface area contributed by atoms with Gasteiger partial charge >= 0.3 is 0 Å². The second kappa shape index (κ2) is 2.74. The molecule has 0 saturated carbocycles. The Hall–Kier alpha value is -1.70. The van der Waals surface area contributed by atoms with Crippen molar-refractivity contribution >= 4 is 17.1 Å². The highest BCUT2D eigenvalue weighted by molar-refractivity contribution is 5.95. The third-order valence-electron chi connectivity index (χ3n) is 1.73. The van der Waals surface area contributed by atoms with Crippen molar-refractivity contribution in [3.8, 4) is 0 Å². The van der Waals surface area contributed by atoms with E-state index < -0.39 is 0 Å². The van der Waals surface area contributed by atoms with Gasteiger partial charge in [-0.25, -0.2) is 0 Å². The molecule has 0 amide bonds. The predicted octanol–water partition coefficient (Wildman–Crippen LogP) is 1.85. The fraction of sp³-hybridized carbons (Fsp3) is 0. The Labute approximate surface area is 69.9 Å². The molecule has 0 spiro atoms. The van der Waals surface area contributed by atoms with Crippen molar-refractivity contribution < 1.29 is 4.79 Å². The predicted molar refractivity (Wildman–Crippen MR) is 46.0 cm³/mol. The number of fused-ring (bicyclic) bond motifs is 1. The number of nitrogens with zero attached hydrogens (tertiary/aromatic N) is 1. The number of aromatic nitrogens is 1. The van der Waals surface area contributed by atoms with E-state index in [9.17, 15) is 4.79 Å². The van der Waals surface area contributed by atoms with Gasteiger partial charge in [0.05, 0.1) is 0 Å². The summed E-state index contributed by atoms with van der Waals surface area (Å²) in [5.41, 5.74) is 0.476. The third-order valence-corrected chi connectivity index (χ3v) is 1.73. The maximum absolute atomic E-state index is 10.5. The molecular formula is C10H6NO. The largest absolute Gasteiger partial charge is 0.296 e. The molecule has 1 aromatic heterocycles. The lowest BCUT2D eigenvalue weighted by molar-refractivity contribution is 0.112. The minimum atomic E-state index is 0.476. The Morgan fingerprint density at radius 3 is 3.17 bits per heavy atom. The maximum Gasteiger partial charge on any atom is 0.169 e. The van der Waals surface area contributed by atoms with Crippen LogP contribution in [0.4, 0.5) is 0 Å². The molecule has 2 rings (SSSR count). The first-order valence-corrected chi connectivity index (χ1v) is 3.62. The van der Waals surface area contributed by atoms with E-state index in [1.54, 1.807) is 6.20 Å². The molecule has 0 fully saturated rings. The summed E-state index contributed by atoms with van der Waals surface area (Å²) in [6.07, 6.45) is 2.37. The number of pyridine rings is 1. The van der Waals surface area contributed by atoms with Crippen LogP contribution in [0.3, 0.4) is 0 Å². The highest BCUT2D eigenvalue weighted by Crippen LogP contribution is 2.13. The first-order chi connectivity index (χ1) is 5.92. The Kier molecular flexibility index (Phi) is 1.59. The van der Waals surface area contributed by atoms with Crippen LogP contribution in [0.2, 0.25) is 0 Å². The van der Waals surface area contributed by atoms with E-state index in [-0.39, 0.29) is 0 Å². The van der Waals surface area contributed by atoms with Crippen LogP contribution in [-0.2, 0) is 0 Å². The summed E-state index contributed by atoms with van der Waals surface area (Å²) in [5.74, 6) is 0. The van der Waals surface area contributed by atoms with Crippen molar-refractivity contribution in [2.75, 3.05) is 0 Å². The molecule has 0 bridgehead atoms. The van der Waals surface area contributed by atoms with Crippen molar-refractivity contribution in [2.24, 2.45) is 0 Å². The average molecular weight is 156 g/mol. The molecule has 0 saturated heterocycles. The Balaban J connectivity index is 2.88. The van der Waals surface area contributed by atoms with E-state index in [4.69, 9.17) is 0 Å². The van der Waals surface area contributed by atoms with Gasteiger partial charge in [-0.05, 0) is 17.5 Å². The highest BCUT2D eigenvalue weighted by atomic mass is 16.1. The van der Waals surface area contributed by atoms with Crippen LogP contribution in [-0.4, -0.2) is 11.3 Å². The first-order valence-electron chi connectivity index (χ1n) is 3.62. The number of benzene rings is 1. The van der Waals surface area contributed by atoms with Crippen LogP contribution >= 0.6 is 0 Å². The maximum atomic E-state index is 10.5. The molecule has 0 atom stereocenters. The molecule has 1 aromatic carbocycles. The molecule has 1 radical (unpaired) electrons. The van der Waals surface area contributed by atoms with E-state index >= 15 is 0 Å². The van der Waals surface area contributed by atoms with Gasteiger partial charge in [0.2, 0.25) is 0 Å². The third kappa shape index (κ3) is 0.975. The van der Waals surface area contributed by atoms with Gasteiger partial charge in [0.25, 0.3) is 0 Å². The molecule has 57 valence electrons. The number of hydrogen-bond donors (Lipinski definition) is 0. The van der Waals surface area contributed by atoms with Crippen molar-refractivity contribution in [2.45, 2.75) is 0 Å². The van der Waals surface area contributed by atoms with Gasteiger partial charge in [-0.2, -0.15) is 0 Å². The van der Waals surface area contributed by atoms with Gasteiger partial charge < -0.3 is 0 Å². The summed E-state index contributed by atoms with van der Waals surface area (Å²) in [6, 6.07) is 10.4. The van der Waals surface area contributed by atoms with E-state index in [0.29, 0.717) is 5.69 Å². The fourth-order valence-electron chi connectivity index (χ4n) is 1.17.